The van der Waals surface area contributed by atoms with Crippen LogP contribution in [-0.2, 0) is 4.79 Å². The minimum atomic E-state index is -0.799. The number of hydrogen-bond donors (Lipinski definition) is 1. The number of rotatable bonds is 6. The van der Waals surface area contributed by atoms with Crippen molar-refractivity contribution < 1.29 is 19.1 Å². The summed E-state index contributed by atoms with van der Waals surface area (Å²) in [5.74, 6) is -0.190. The van der Waals surface area contributed by atoms with Gasteiger partial charge in [0.15, 0.2) is 0 Å². The molecule has 2 aromatic rings. The average Bonchev–Trinajstić information content (AvgIpc) is 2.37. The third kappa shape index (κ3) is 3.84. The van der Waals surface area contributed by atoms with E-state index in [0.717, 1.165) is 5.39 Å². The van der Waals surface area contributed by atoms with Crippen molar-refractivity contribution in [2.75, 3.05) is 6.61 Å². The highest BCUT2D eigenvalue weighted by Crippen LogP contribution is 2.19. The summed E-state index contributed by atoms with van der Waals surface area (Å²) in [5, 5.41) is 9.32. The molecule has 0 aliphatic heterocycles. The van der Waals surface area contributed by atoms with E-state index in [1.165, 1.54) is 6.07 Å². The lowest BCUT2D eigenvalue weighted by Gasteiger charge is -2.06. The zero-order chi connectivity index (χ0) is 13.7. The maximum atomic E-state index is 11.1. The normalized spacial score (nSPS) is 10.5. The summed E-state index contributed by atoms with van der Waals surface area (Å²) in [7, 11) is 0. The summed E-state index contributed by atoms with van der Waals surface area (Å²) >= 11 is 0. The van der Waals surface area contributed by atoms with Gasteiger partial charge < -0.3 is 14.3 Å². The second kappa shape index (κ2) is 6.04. The van der Waals surface area contributed by atoms with Crippen molar-refractivity contribution in [2.24, 2.45) is 0 Å². The zero-order valence-electron chi connectivity index (χ0n) is 10.3. The quantitative estimate of drug-likeness (QED) is 0.639. The highest BCUT2D eigenvalue weighted by molar-refractivity contribution is 5.77. The molecule has 1 heterocycles. The molecule has 5 nitrogen and oxygen atoms in total. The summed E-state index contributed by atoms with van der Waals surface area (Å²) in [6.45, 7) is 0.440. The van der Waals surface area contributed by atoms with Crippen LogP contribution in [0.2, 0.25) is 0 Å². The van der Waals surface area contributed by atoms with Crippen molar-refractivity contribution in [3.63, 3.8) is 0 Å². The van der Waals surface area contributed by atoms with Crippen LogP contribution in [0.3, 0.4) is 0 Å². The van der Waals surface area contributed by atoms with E-state index < -0.39 is 11.6 Å². The second-order valence-electron chi connectivity index (χ2n) is 4.15. The van der Waals surface area contributed by atoms with Gasteiger partial charge in [0.05, 0.1) is 6.61 Å². The molecule has 0 aliphatic carbocycles. The first-order chi connectivity index (χ1) is 9.15. The Morgan fingerprint density at radius 2 is 2.00 bits per heavy atom. The number of hydrogen-bond acceptors (Lipinski definition) is 4. The smallest absolute Gasteiger partial charge is 0.336 e. The predicted molar refractivity (Wildman–Crippen MR) is 69.5 cm³/mol. The van der Waals surface area contributed by atoms with E-state index in [4.69, 9.17) is 14.3 Å². The van der Waals surface area contributed by atoms with E-state index in [2.05, 4.69) is 0 Å². The van der Waals surface area contributed by atoms with Crippen molar-refractivity contribution in [3.8, 4) is 5.75 Å². The van der Waals surface area contributed by atoms with Crippen molar-refractivity contribution >= 4 is 16.9 Å². The molecular formula is C14H14O5. The van der Waals surface area contributed by atoms with Crippen LogP contribution in [0.15, 0.2) is 39.5 Å². The Bertz CT molecular complexity index is 629. The van der Waals surface area contributed by atoms with Gasteiger partial charge in [-0.3, -0.25) is 4.79 Å². The van der Waals surface area contributed by atoms with Crippen molar-refractivity contribution in [3.05, 3.63) is 40.8 Å². The van der Waals surface area contributed by atoms with Gasteiger partial charge >= 0.3 is 11.6 Å². The third-order valence-corrected chi connectivity index (χ3v) is 2.65. The highest BCUT2D eigenvalue weighted by atomic mass is 16.5. The number of fused-ring (bicyclic) bond motifs is 1. The molecular weight excluding hydrogens is 248 g/mol. The summed E-state index contributed by atoms with van der Waals surface area (Å²) < 4.78 is 10.5. The Labute approximate surface area is 109 Å². The van der Waals surface area contributed by atoms with Crippen LogP contribution >= 0.6 is 0 Å². The van der Waals surface area contributed by atoms with E-state index in [1.54, 1.807) is 18.2 Å². The molecule has 1 aromatic heterocycles. The number of carboxylic acid groups (broad SMARTS) is 1. The Hall–Kier alpha value is -2.30. The van der Waals surface area contributed by atoms with Crippen LogP contribution in [-0.4, -0.2) is 17.7 Å². The molecule has 1 aromatic carbocycles. The van der Waals surface area contributed by atoms with E-state index in [1.807, 2.05) is 6.07 Å². The monoisotopic (exact) mass is 262 g/mol. The number of ether oxygens (including phenoxy) is 1. The largest absolute Gasteiger partial charge is 0.493 e. The fourth-order valence-corrected chi connectivity index (χ4v) is 1.70. The fourth-order valence-electron chi connectivity index (χ4n) is 1.70. The van der Waals surface area contributed by atoms with Gasteiger partial charge in [0.2, 0.25) is 0 Å². The number of unbranched alkanes of at least 4 members (excludes halogenated alkanes) is 1. The van der Waals surface area contributed by atoms with Gasteiger partial charge in [-0.2, -0.15) is 0 Å². The maximum Gasteiger partial charge on any atom is 0.336 e. The Morgan fingerprint density at radius 1 is 1.21 bits per heavy atom. The van der Waals surface area contributed by atoms with Gasteiger partial charge in [0.25, 0.3) is 0 Å². The molecule has 0 saturated heterocycles. The second-order valence-corrected chi connectivity index (χ2v) is 4.15. The first-order valence-electron chi connectivity index (χ1n) is 6.04. The van der Waals surface area contributed by atoms with E-state index >= 15 is 0 Å². The van der Waals surface area contributed by atoms with Crippen molar-refractivity contribution in [1.29, 1.82) is 0 Å². The van der Waals surface area contributed by atoms with Gasteiger partial charge in [-0.05, 0) is 31.0 Å². The number of carboxylic acids is 1. The molecule has 0 amide bonds. The Morgan fingerprint density at radius 3 is 2.79 bits per heavy atom. The molecule has 0 bridgehead atoms. The van der Waals surface area contributed by atoms with E-state index in [9.17, 15) is 9.59 Å². The summed E-state index contributed by atoms with van der Waals surface area (Å²) in [6, 6.07) is 8.32. The topological polar surface area (TPSA) is 76.7 Å². The lowest BCUT2D eigenvalue weighted by Crippen LogP contribution is -2.00. The molecule has 0 spiro atoms. The minimum absolute atomic E-state index is 0.149. The van der Waals surface area contributed by atoms with Gasteiger partial charge in [-0.25, -0.2) is 4.79 Å². The van der Waals surface area contributed by atoms with Gasteiger partial charge in [0.1, 0.15) is 11.3 Å². The molecule has 1 N–H and O–H groups in total. The van der Waals surface area contributed by atoms with Gasteiger partial charge in [-0.15, -0.1) is 0 Å². The number of aliphatic carboxylic acids is 1. The van der Waals surface area contributed by atoms with Gasteiger partial charge in [-0.1, -0.05) is 0 Å². The van der Waals surface area contributed by atoms with Crippen LogP contribution in [0.4, 0.5) is 0 Å². The summed E-state index contributed by atoms with van der Waals surface area (Å²) in [5.41, 5.74) is 0.0849. The lowest BCUT2D eigenvalue weighted by molar-refractivity contribution is -0.137. The SMILES string of the molecule is O=C(O)CCCCOc1ccc2ccc(=O)oc2c1. The first-order valence-corrected chi connectivity index (χ1v) is 6.04. The summed E-state index contributed by atoms with van der Waals surface area (Å²) in [4.78, 5) is 21.4. The highest BCUT2D eigenvalue weighted by Gasteiger charge is 2.01. The van der Waals surface area contributed by atoms with Gasteiger partial charge in [0, 0.05) is 23.9 Å². The van der Waals surface area contributed by atoms with Crippen LogP contribution in [0.5, 0.6) is 5.75 Å². The molecule has 19 heavy (non-hydrogen) atoms. The molecule has 0 unspecified atom stereocenters. The molecule has 5 heteroatoms. The third-order valence-electron chi connectivity index (χ3n) is 2.65. The zero-order valence-corrected chi connectivity index (χ0v) is 10.3. The minimum Gasteiger partial charge on any atom is -0.493 e. The Balaban J connectivity index is 1.94. The van der Waals surface area contributed by atoms with Crippen LogP contribution in [0.1, 0.15) is 19.3 Å². The number of benzene rings is 1. The summed E-state index contributed by atoms with van der Waals surface area (Å²) in [6.07, 6.45) is 1.40. The van der Waals surface area contributed by atoms with E-state index in [-0.39, 0.29) is 6.42 Å². The van der Waals surface area contributed by atoms with E-state index in [0.29, 0.717) is 30.8 Å². The standard InChI is InChI=1S/C14H14O5/c15-13(16)3-1-2-8-18-11-6-4-10-5-7-14(17)19-12(10)9-11/h4-7,9H,1-3,8H2,(H,15,16). The van der Waals surface area contributed by atoms with Crippen molar-refractivity contribution in [1.82, 2.24) is 0 Å². The maximum absolute atomic E-state index is 11.1. The van der Waals surface area contributed by atoms with Crippen LogP contribution in [0, 0.1) is 0 Å². The molecule has 2 rings (SSSR count). The van der Waals surface area contributed by atoms with Crippen molar-refractivity contribution in [2.45, 2.75) is 19.3 Å². The van der Waals surface area contributed by atoms with Crippen LogP contribution < -0.4 is 10.4 Å². The predicted octanol–water partition coefficient (Wildman–Crippen LogP) is 2.43. The Kier molecular flexibility index (Phi) is 4.18. The first kappa shape index (κ1) is 13.1. The lowest BCUT2D eigenvalue weighted by atomic mass is 10.2. The molecule has 0 saturated carbocycles. The molecule has 0 atom stereocenters. The molecule has 0 aliphatic rings. The molecule has 0 fully saturated rings. The molecule has 100 valence electrons. The molecule has 0 radical (unpaired) electrons. The fraction of sp³-hybridized carbons (Fsp3) is 0.286. The average molecular weight is 262 g/mol. The van der Waals surface area contributed by atoms with Crippen LogP contribution in [0.25, 0.3) is 11.0 Å². The number of carbonyl (C=O) groups is 1.